The number of nitrogens with zero attached hydrogens (tertiary/aromatic N) is 2. The topological polar surface area (TPSA) is 103 Å². The average Bonchev–Trinajstić information content (AvgIpc) is 3.61. The van der Waals surface area contributed by atoms with Crippen molar-refractivity contribution < 1.29 is 23.1 Å². The van der Waals surface area contributed by atoms with Gasteiger partial charge in [-0.15, -0.1) is 0 Å². The van der Waals surface area contributed by atoms with Gasteiger partial charge in [0.1, 0.15) is 17.3 Å². The Kier molecular flexibility index (Phi) is 7.43. The van der Waals surface area contributed by atoms with Crippen molar-refractivity contribution in [3.8, 4) is 11.3 Å². The summed E-state index contributed by atoms with van der Waals surface area (Å²) in [6.45, 7) is 1.72. The van der Waals surface area contributed by atoms with Crippen molar-refractivity contribution in [1.82, 2.24) is 4.57 Å². The van der Waals surface area contributed by atoms with Crippen molar-refractivity contribution in [3.05, 3.63) is 145 Å². The van der Waals surface area contributed by atoms with E-state index in [1.54, 1.807) is 85.8 Å². The number of nitrogens with one attached hydrogen (secondary N) is 1. The Balaban J connectivity index is 1.42. The van der Waals surface area contributed by atoms with E-state index in [-0.39, 0.29) is 11.1 Å². The molecule has 0 fully saturated rings. The molecule has 0 spiro atoms. The molecule has 3 heterocycles. The zero-order valence-electron chi connectivity index (χ0n) is 23.0. The summed E-state index contributed by atoms with van der Waals surface area (Å²) in [6.07, 6.45) is 1.61. The molecule has 10 heteroatoms. The number of benzene rings is 3. The number of esters is 1. The fourth-order valence-corrected chi connectivity index (χ4v) is 5.95. The molecule has 0 aliphatic carbocycles. The summed E-state index contributed by atoms with van der Waals surface area (Å²) in [5, 5.41) is 2.89. The first-order chi connectivity index (χ1) is 20.8. The molecule has 43 heavy (non-hydrogen) atoms. The summed E-state index contributed by atoms with van der Waals surface area (Å²) >= 11 is 1.16. The summed E-state index contributed by atoms with van der Waals surface area (Å²) in [5.74, 6) is -0.388. The van der Waals surface area contributed by atoms with Gasteiger partial charge < -0.3 is 14.5 Å². The van der Waals surface area contributed by atoms with Gasteiger partial charge >= 0.3 is 5.97 Å². The number of para-hydroxylation sites is 1. The van der Waals surface area contributed by atoms with Crippen molar-refractivity contribution in [2.75, 3.05) is 12.4 Å². The van der Waals surface area contributed by atoms with Gasteiger partial charge in [0.25, 0.3) is 11.5 Å². The van der Waals surface area contributed by atoms with Crippen LogP contribution in [0.25, 0.3) is 17.4 Å². The van der Waals surface area contributed by atoms with Crippen molar-refractivity contribution in [2.45, 2.75) is 13.0 Å². The van der Waals surface area contributed by atoms with E-state index < -0.39 is 23.7 Å². The van der Waals surface area contributed by atoms with Gasteiger partial charge in [-0.3, -0.25) is 14.2 Å². The second-order valence-corrected chi connectivity index (χ2v) is 10.7. The smallest absolute Gasteiger partial charge is 0.337 e. The van der Waals surface area contributed by atoms with E-state index in [9.17, 15) is 18.8 Å². The van der Waals surface area contributed by atoms with E-state index in [1.807, 2.05) is 6.07 Å². The number of hydrogen-bond donors (Lipinski definition) is 1. The minimum atomic E-state index is -0.837. The van der Waals surface area contributed by atoms with E-state index in [1.165, 1.54) is 23.8 Å². The number of methoxy groups -OCH3 is 1. The van der Waals surface area contributed by atoms with E-state index in [2.05, 4.69) is 10.3 Å². The number of anilines is 1. The largest absolute Gasteiger partial charge is 0.465 e. The first kappa shape index (κ1) is 27.8. The van der Waals surface area contributed by atoms with Crippen LogP contribution in [0.4, 0.5) is 10.1 Å². The van der Waals surface area contributed by atoms with Crippen molar-refractivity contribution in [3.63, 3.8) is 0 Å². The molecular weight excluding hydrogens is 569 g/mol. The number of thiazole rings is 1. The van der Waals surface area contributed by atoms with Gasteiger partial charge in [0.2, 0.25) is 0 Å². The maximum absolute atomic E-state index is 13.9. The van der Waals surface area contributed by atoms with E-state index in [0.717, 1.165) is 11.3 Å². The van der Waals surface area contributed by atoms with Crippen LogP contribution in [0.5, 0.6) is 0 Å². The summed E-state index contributed by atoms with van der Waals surface area (Å²) in [4.78, 5) is 44.5. The molecule has 3 aromatic carbocycles. The number of hydrogen-bond acceptors (Lipinski definition) is 7. The maximum atomic E-state index is 13.9. The molecule has 1 aliphatic rings. The average molecular weight is 594 g/mol. The number of carbonyl (C=O) groups is 2. The van der Waals surface area contributed by atoms with Crippen LogP contribution in [0.3, 0.4) is 0 Å². The molecule has 1 unspecified atom stereocenters. The fraction of sp³-hybridized carbons (Fsp3) is 0.0909. The first-order valence-electron chi connectivity index (χ1n) is 13.3. The highest BCUT2D eigenvalue weighted by Gasteiger charge is 2.32. The highest BCUT2D eigenvalue weighted by atomic mass is 32.1. The SMILES string of the molecule is COC(=O)c1cccc(-c2ccc(/C=c3\sc4n(c3=O)C(c3ccc(F)cc3)C(C(=O)Nc3ccccc3)=C(C)N=4)o2)c1. The summed E-state index contributed by atoms with van der Waals surface area (Å²) < 4.78 is 26.5. The molecule has 6 rings (SSSR count). The lowest BCUT2D eigenvalue weighted by atomic mass is 9.95. The van der Waals surface area contributed by atoms with Crippen LogP contribution in [-0.4, -0.2) is 23.6 Å². The third-order valence-electron chi connectivity index (χ3n) is 6.95. The molecule has 0 radical (unpaired) electrons. The van der Waals surface area contributed by atoms with Crippen LogP contribution in [0.1, 0.15) is 34.6 Å². The standard InChI is InChI=1S/C33H24FN3O5S/c1-19-28(30(38)36-24-9-4-3-5-10-24)29(20-11-13-23(34)14-12-20)37-31(39)27(43-33(37)35-19)18-25-15-16-26(42-25)21-7-6-8-22(17-21)32(40)41-2/h3-18,29H,1-2H3,(H,36,38)/b27-18-. The van der Waals surface area contributed by atoms with Gasteiger partial charge in [0.15, 0.2) is 4.80 Å². The molecule has 0 bridgehead atoms. The number of carbonyl (C=O) groups excluding carboxylic acids is 2. The van der Waals surface area contributed by atoms with Crippen molar-refractivity contribution >= 4 is 35.0 Å². The summed E-state index contributed by atoms with van der Waals surface area (Å²) in [7, 11) is 1.32. The van der Waals surface area contributed by atoms with E-state index >= 15 is 0 Å². The lowest BCUT2D eigenvalue weighted by molar-refractivity contribution is -0.113. The third kappa shape index (κ3) is 5.47. The Hall–Kier alpha value is -5.35. The van der Waals surface area contributed by atoms with E-state index in [4.69, 9.17) is 9.15 Å². The minimum Gasteiger partial charge on any atom is -0.465 e. The van der Waals surface area contributed by atoms with Gasteiger partial charge in [-0.2, -0.15) is 0 Å². The minimum absolute atomic E-state index is 0.278. The summed E-state index contributed by atoms with van der Waals surface area (Å²) in [5.41, 5.74) is 2.56. The number of aromatic nitrogens is 1. The monoisotopic (exact) mass is 593 g/mol. The molecular formula is C33H24FN3O5S. The third-order valence-corrected chi connectivity index (χ3v) is 7.93. The highest BCUT2D eigenvalue weighted by Crippen LogP contribution is 2.31. The van der Waals surface area contributed by atoms with Gasteiger partial charge in [-0.05, 0) is 61.0 Å². The molecule has 1 aliphatic heterocycles. The Morgan fingerprint density at radius 1 is 1.02 bits per heavy atom. The lowest BCUT2D eigenvalue weighted by Gasteiger charge is -2.25. The maximum Gasteiger partial charge on any atom is 0.337 e. The summed E-state index contributed by atoms with van der Waals surface area (Å²) in [6, 6.07) is 24.2. The Bertz CT molecular complexity index is 2070. The lowest BCUT2D eigenvalue weighted by Crippen LogP contribution is -2.40. The zero-order valence-corrected chi connectivity index (χ0v) is 23.9. The number of allylic oxidation sites excluding steroid dienone is 1. The van der Waals surface area contributed by atoms with Crippen molar-refractivity contribution in [2.24, 2.45) is 4.99 Å². The van der Waals surface area contributed by atoms with Gasteiger partial charge in [-0.25, -0.2) is 14.2 Å². The van der Waals surface area contributed by atoms with Gasteiger partial charge in [-0.1, -0.05) is 53.8 Å². The van der Waals surface area contributed by atoms with Gasteiger partial charge in [0.05, 0.1) is 34.5 Å². The normalized spacial score (nSPS) is 14.7. The molecule has 1 atom stereocenters. The predicted molar refractivity (Wildman–Crippen MR) is 161 cm³/mol. The zero-order chi connectivity index (χ0) is 30.1. The second kappa shape index (κ2) is 11.5. The highest BCUT2D eigenvalue weighted by molar-refractivity contribution is 7.07. The first-order valence-corrected chi connectivity index (χ1v) is 14.1. The second-order valence-electron chi connectivity index (χ2n) is 9.73. The number of amides is 1. The molecule has 0 saturated heterocycles. The molecule has 1 amide bonds. The van der Waals surface area contributed by atoms with Gasteiger partial charge in [0, 0.05) is 17.3 Å². The number of fused-ring (bicyclic) bond motifs is 1. The molecule has 5 aromatic rings. The van der Waals surface area contributed by atoms with Crippen molar-refractivity contribution in [1.29, 1.82) is 0 Å². The quantitative estimate of drug-likeness (QED) is 0.277. The van der Waals surface area contributed by atoms with Crippen LogP contribution < -0.4 is 20.2 Å². The Morgan fingerprint density at radius 3 is 2.53 bits per heavy atom. The van der Waals surface area contributed by atoms with E-state index in [0.29, 0.717) is 48.9 Å². The number of furan rings is 1. The number of rotatable bonds is 6. The van der Waals surface area contributed by atoms with Crippen LogP contribution in [-0.2, 0) is 9.53 Å². The Labute approximate surface area is 248 Å². The predicted octanol–water partition coefficient (Wildman–Crippen LogP) is 5.06. The fourth-order valence-electron chi connectivity index (χ4n) is 4.92. The van der Waals surface area contributed by atoms with Crippen LogP contribution in [0.15, 0.2) is 116 Å². The van der Waals surface area contributed by atoms with Crippen LogP contribution >= 0.6 is 11.3 Å². The number of halogens is 1. The molecule has 1 N–H and O–H groups in total. The van der Waals surface area contributed by atoms with Crippen LogP contribution in [0, 0.1) is 5.82 Å². The molecule has 214 valence electrons. The molecule has 2 aromatic heterocycles. The molecule has 0 saturated carbocycles. The number of ether oxygens (including phenoxy) is 1. The molecule has 8 nitrogen and oxygen atoms in total. The Morgan fingerprint density at radius 2 is 1.79 bits per heavy atom. The van der Waals surface area contributed by atoms with Crippen LogP contribution in [0.2, 0.25) is 0 Å².